The highest BCUT2D eigenvalue weighted by atomic mass is 32.2. The predicted molar refractivity (Wildman–Crippen MR) is 125 cm³/mol. The molecule has 0 aliphatic heterocycles. The first kappa shape index (κ1) is 19.6. The molecule has 8 nitrogen and oxygen atoms in total. The van der Waals surface area contributed by atoms with Crippen molar-refractivity contribution in [1.82, 2.24) is 24.7 Å². The molecule has 162 valence electrons. The van der Waals surface area contributed by atoms with Crippen molar-refractivity contribution in [1.29, 1.82) is 0 Å². The van der Waals surface area contributed by atoms with Crippen LogP contribution in [0.1, 0.15) is 11.4 Å². The molecule has 4 aromatic heterocycles. The summed E-state index contributed by atoms with van der Waals surface area (Å²) in [6.07, 6.45) is 1.61. The summed E-state index contributed by atoms with van der Waals surface area (Å²) in [5.41, 5.74) is 2.25. The van der Waals surface area contributed by atoms with Crippen molar-refractivity contribution in [3.05, 3.63) is 94.7 Å². The van der Waals surface area contributed by atoms with Gasteiger partial charge in [0.05, 0.1) is 18.6 Å². The summed E-state index contributed by atoms with van der Waals surface area (Å²) in [6.45, 7) is 0.585. The predicted octanol–water partition coefficient (Wildman–Crippen LogP) is 4.86. The molecule has 0 saturated carbocycles. The highest BCUT2D eigenvalue weighted by Crippen LogP contribution is 2.28. The Morgan fingerprint density at radius 1 is 0.970 bits per heavy atom. The normalized spacial score (nSPS) is 11.5. The van der Waals surface area contributed by atoms with Gasteiger partial charge >= 0.3 is 0 Å². The summed E-state index contributed by atoms with van der Waals surface area (Å²) in [5, 5.41) is 10.3. The molecule has 6 aromatic rings. The monoisotopic (exact) mass is 455 g/mol. The third kappa shape index (κ3) is 3.62. The largest absolute Gasteiger partial charge is 0.461 e. The van der Waals surface area contributed by atoms with Gasteiger partial charge in [-0.1, -0.05) is 54.2 Å². The average molecular weight is 455 g/mol. The van der Waals surface area contributed by atoms with E-state index < -0.39 is 0 Å². The number of nitrogens with zero attached hydrogens (tertiary/aromatic N) is 4. The molecule has 0 bridgehead atoms. The van der Waals surface area contributed by atoms with Crippen LogP contribution in [0.25, 0.3) is 33.7 Å². The second-order valence-electron chi connectivity index (χ2n) is 7.43. The zero-order valence-corrected chi connectivity index (χ0v) is 18.1. The molecule has 0 aliphatic rings. The SMILES string of the molecule is O=c1[nH]c(CSc2nnc(-c3ccco3)n2Cc2ccccc2)nc2c1oc1ccccc12. The van der Waals surface area contributed by atoms with Gasteiger partial charge in [-0.3, -0.25) is 9.36 Å². The van der Waals surface area contributed by atoms with Crippen LogP contribution in [0.2, 0.25) is 0 Å². The van der Waals surface area contributed by atoms with Crippen LogP contribution in [-0.2, 0) is 12.3 Å². The molecule has 33 heavy (non-hydrogen) atoms. The minimum Gasteiger partial charge on any atom is -0.461 e. The summed E-state index contributed by atoms with van der Waals surface area (Å²) in [7, 11) is 0. The van der Waals surface area contributed by atoms with Gasteiger partial charge in [-0.25, -0.2) is 4.98 Å². The van der Waals surface area contributed by atoms with Crippen molar-refractivity contribution < 1.29 is 8.83 Å². The summed E-state index contributed by atoms with van der Waals surface area (Å²) < 4.78 is 13.3. The van der Waals surface area contributed by atoms with Gasteiger partial charge in [0.25, 0.3) is 5.56 Å². The Morgan fingerprint density at radius 3 is 2.67 bits per heavy atom. The molecule has 1 N–H and O–H groups in total. The lowest BCUT2D eigenvalue weighted by Crippen LogP contribution is -2.10. The Balaban J connectivity index is 1.35. The first-order valence-corrected chi connectivity index (χ1v) is 11.3. The van der Waals surface area contributed by atoms with Crippen molar-refractivity contribution >= 4 is 33.8 Å². The third-order valence-electron chi connectivity index (χ3n) is 5.26. The van der Waals surface area contributed by atoms with Crippen molar-refractivity contribution in [3.63, 3.8) is 0 Å². The molecular formula is C24H17N5O3S. The average Bonchev–Trinajstić information content (AvgIpc) is 3.58. The van der Waals surface area contributed by atoms with Crippen molar-refractivity contribution in [2.45, 2.75) is 17.5 Å². The van der Waals surface area contributed by atoms with E-state index in [4.69, 9.17) is 8.83 Å². The number of thioether (sulfide) groups is 1. The van der Waals surface area contributed by atoms with Crippen LogP contribution < -0.4 is 5.56 Å². The third-order valence-corrected chi connectivity index (χ3v) is 6.24. The van der Waals surface area contributed by atoms with Gasteiger partial charge in [0, 0.05) is 5.39 Å². The Labute approximate surface area is 191 Å². The quantitative estimate of drug-likeness (QED) is 0.358. The molecule has 0 radical (unpaired) electrons. The smallest absolute Gasteiger partial charge is 0.294 e. The fourth-order valence-corrected chi connectivity index (χ4v) is 4.55. The highest BCUT2D eigenvalue weighted by molar-refractivity contribution is 7.98. The fourth-order valence-electron chi connectivity index (χ4n) is 3.74. The van der Waals surface area contributed by atoms with Gasteiger partial charge in [0.1, 0.15) is 16.9 Å². The number of fused-ring (bicyclic) bond motifs is 3. The topological polar surface area (TPSA) is 103 Å². The zero-order chi connectivity index (χ0) is 22.2. The molecular weight excluding hydrogens is 438 g/mol. The van der Waals surface area contributed by atoms with Gasteiger partial charge in [0.2, 0.25) is 11.4 Å². The van der Waals surface area contributed by atoms with Gasteiger partial charge < -0.3 is 13.8 Å². The maximum absolute atomic E-state index is 12.6. The van der Waals surface area contributed by atoms with Crippen LogP contribution in [0, 0.1) is 0 Å². The molecule has 0 saturated heterocycles. The highest BCUT2D eigenvalue weighted by Gasteiger charge is 2.18. The summed E-state index contributed by atoms with van der Waals surface area (Å²) >= 11 is 1.45. The standard InChI is InChI=1S/C24H17N5O3S/c30-23-21-20(16-9-4-5-10-17(16)32-21)25-19(26-23)14-33-24-28-27-22(18-11-6-12-31-18)29(24)13-15-7-2-1-3-8-15/h1-12H,13-14H2,(H,25,26,30). The molecule has 9 heteroatoms. The maximum atomic E-state index is 12.6. The summed E-state index contributed by atoms with van der Waals surface area (Å²) in [6, 6.07) is 21.3. The van der Waals surface area contributed by atoms with Crippen LogP contribution in [0.15, 0.2) is 91.8 Å². The van der Waals surface area contributed by atoms with Crippen LogP contribution in [0.5, 0.6) is 0 Å². The second-order valence-corrected chi connectivity index (χ2v) is 8.37. The number of aromatic amines is 1. The number of nitrogens with one attached hydrogen (secondary N) is 1. The van der Waals surface area contributed by atoms with Crippen molar-refractivity contribution in [3.8, 4) is 11.6 Å². The number of hydrogen-bond acceptors (Lipinski definition) is 7. The molecule has 6 rings (SSSR count). The minimum atomic E-state index is -0.297. The van der Waals surface area contributed by atoms with E-state index in [1.54, 1.807) is 6.26 Å². The van der Waals surface area contributed by atoms with E-state index in [1.807, 2.05) is 59.2 Å². The van der Waals surface area contributed by atoms with Gasteiger partial charge in [-0.05, 0) is 29.8 Å². The van der Waals surface area contributed by atoms with E-state index in [-0.39, 0.29) is 11.1 Å². The van der Waals surface area contributed by atoms with E-state index in [1.165, 1.54) is 11.8 Å². The molecule has 0 atom stereocenters. The first-order chi connectivity index (χ1) is 16.3. The van der Waals surface area contributed by atoms with E-state index >= 15 is 0 Å². The Kier molecular flexibility index (Phi) is 4.80. The van der Waals surface area contributed by atoms with Crippen LogP contribution in [0.3, 0.4) is 0 Å². The molecule has 0 aliphatic carbocycles. The van der Waals surface area contributed by atoms with Gasteiger partial charge in [-0.2, -0.15) is 0 Å². The lowest BCUT2D eigenvalue weighted by molar-refractivity contribution is 0.569. The number of hydrogen-bond donors (Lipinski definition) is 1. The van der Waals surface area contributed by atoms with Crippen molar-refractivity contribution in [2.75, 3.05) is 0 Å². The van der Waals surface area contributed by atoms with Crippen LogP contribution in [-0.4, -0.2) is 24.7 Å². The lowest BCUT2D eigenvalue weighted by Gasteiger charge is -2.09. The number of rotatable bonds is 6. The van der Waals surface area contributed by atoms with Crippen LogP contribution >= 0.6 is 11.8 Å². The molecule has 0 fully saturated rings. The number of H-pyrrole nitrogens is 1. The molecule has 4 heterocycles. The lowest BCUT2D eigenvalue weighted by atomic mass is 10.2. The van der Waals surface area contributed by atoms with Gasteiger partial charge in [0.15, 0.2) is 10.9 Å². The van der Waals surface area contributed by atoms with Crippen molar-refractivity contribution in [2.24, 2.45) is 0 Å². The molecule has 2 aromatic carbocycles. The van der Waals surface area contributed by atoms with Gasteiger partial charge in [-0.15, -0.1) is 10.2 Å². The fraction of sp³-hybridized carbons (Fsp3) is 0.0833. The number of para-hydroxylation sites is 1. The van der Waals surface area contributed by atoms with Crippen LogP contribution in [0.4, 0.5) is 0 Å². The van der Waals surface area contributed by atoms with E-state index in [0.717, 1.165) is 10.9 Å². The molecule has 0 unspecified atom stereocenters. The summed E-state index contributed by atoms with van der Waals surface area (Å²) in [5.74, 6) is 2.24. The zero-order valence-electron chi connectivity index (χ0n) is 17.3. The van der Waals surface area contributed by atoms with E-state index in [2.05, 4.69) is 32.3 Å². The Morgan fingerprint density at radius 2 is 1.82 bits per heavy atom. The first-order valence-electron chi connectivity index (χ1n) is 10.3. The molecule has 0 spiro atoms. The number of benzene rings is 2. The number of furan rings is 2. The second kappa shape index (κ2) is 8.10. The summed E-state index contributed by atoms with van der Waals surface area (Å²) in [4.78, 5) is 20.1. The Bertz CT molecular complexity index is 1620. The number of aromatic nitrogens is 5. The van der Waals surface area contributed by atoms with E-state index in [9.17, 15) is 4.79 Å². The minimum absolute atomic E-state index is 0.234. The Hall–Kier alpha value is -4.11. The molecule has 0 amide bonds. The van der Waals surface area contributed by atoms with E-state index in [0.29, 0.717) is 46.0 Å². The maximum Gasteiger partial charge on any atom is 0.294 e.